The number of aromatic nitrogens is 3. The summed E-state index contributed by atoms with van der Waals surface area (Å²) >= 11 is 0. The first kappa shape index (κ1) is 15.0. The molecule has 23 heavy (non-hydrogen) atoms. The number of phenols is 1. The number of hydrogen-bond acceptors (Lipinski definition) is 6. The van der Waals surface area contributed by atoms with E-state index in [1.165, 1.54) is 0 Å². The van der Waals surface area contributed by atoms with Crippen molar-refractivity contribution in [3.63, 3.8) is 0 Å². The summed E-state index contributed by atoms with van der Waals surface area (Å²) in [6, 6.07) is 10.8. The molecule has 0 aliphatic heterocycles. The molecule has 0 aliphatic rings. The molecular weight excluding hydrogens is 292 g/mol. The third-order valence-corrected chi connectivity index (χ3v) is 3.35. The summed E-state index contributed by atoms with van der Waals surface area (Å²) in [6.45, 7) is 4.60. The Morgan fingerprint density at radius 1 is 1.22 bits per heavy atom. The summed E-state index contributed by atoms with van der Waals surface area (Å²) < 4.78 is 5.30. The fourth-order valence-electron chi connectivity index (χ4n) is 2.11. The van der Waals surface area contributed by atoms with Gasteiger partial charge in [-0.1, -0.05) is 31.1 Å². The summed E-state index contributed by atoms with van der Waals surface area (Å²) in [5, 5.41) is 16.7. The van der Waals surface area contributed by atoms with Gasteiger partial charge in [-0.25, -0.2) is 4.98 Å². The number of anilines is 1. The molecule has 0 bridgehead atoms. The van der Waals surface area contributed by atoms with Crippen LogP contribution in [-0.4, -0.2) is 20.2 Å². The van der Waals surface area contributed by atoms with E-state index in [2.05, 4.69) is 20.4 Å². The lowest BCUT2D eigenvalue weighted by Gasteiger charge is -2.06. The molecule has 0 amide bonds. The summed E-state index contributed by atoms with van der Waals surface area (Å²) in [4.78, 5) is 8.67. The number of pyridine rings is 1. The number of hydrogen-bond donors (Lipinski definition) is 2. The average Bonchev–Trinajstić information content (AvgIpc) is 3.04. The molecule has 118 valence electrons. The van der Waals surface area contributed by atoms with Gasteiger partial charge in [0.1, 0.15) is 11.6 Å². The molecule has 0 spiro atoms. The number of nitrogens with one attached hydrogen (secondary N) is 1. The summed E-state index contributed by atoms with van der Waals surface area (Å²) in [7, 11) is 0. The third kappa shape index (κ3) is 3.66. The number of phenolic OH excluding ortho intramolecular Hbond substituents is 1. The Kier molecular flexibility index (Phi) is 4.23. The van der Waals surface area contributed by atoms with Crippen molar-refractivity contribution in [2.45, 2.75) is 26.3 Å². The number of nitrogens with zero attached hydrogens (tertiary/aromatic N) is 3. The molecule has 6 nitrogen and oxygen atoms in total. The predicted molar refractivity (Wildman–Crippen MR) is 87.1 cm³/mol. The minimum atomic E-state index is 0.220. The van der Waals surface area contributed by atoms with Crippen molar-refractivity contribution in [3.8, 4) is 17.2 Å². The zero-order chi connectivity index (χ0) is 16.2. The average molecular weight is 310 g/mol. The SMILES string of the molecule is CC(C)c1noc(-c2ccnc(NCc3cccc(O)c3)c2)n1. The van der Waals surface area contributed by atoms with E-state index in [4.69, 9.17) is 4.52 Å². The van der Waals surface area contributed by atoms with Crippen molar-refractivity contribution in [1.29, 1.82) is 0 Å². The molecule has 2 heterocycles. The van der Waals surface area contributed by atoms with Crippen molar-refractivity contribution in [1.82, 2.24) is 15.1 Å². The summed E-state index contributed by atoms with van der Waals surface area (Å²) in [5.74, 6) is 2.34. The van der Waals surface area contributed by atoms with E-state index in [1.54, 1.807) is 18.3 Å². The first-order valence-corrected chi connectivity index (χ1v) is 7.43. The number of rotatable bonds is 5. The van der Waals surface area contributed by atoms with Gasteiger partial charge < -0.3 is 14.9 Å². The molecule has 1 aromatic carbocycles. The molecular formula is C17H18N4O2. The van der Waals surface area contributed by atoms with Gasteiger partial charge in [0.05, 0.1) is 0 Å². The first-order chi connectivity index (χ1) is 11.1. The highest BCUT2D eigenvalue weighted by molar-refractivity contribution is 5.58. The molecule has 2 N–H and O–H groups in total. The molecule has 0 fully saturated rings. The van der Waals surface area contributed by atoms with Gasteiger partial charge in [0.15, 0.2) is 5.82 Å². The second-order valence-corrected chi connectivity index (χ2v) is 5.57. The van der Waals surface area contributed by atoms with Crippen LogP contribution in [0, 0.1) is 0 Å². The van der Waals surface area contributed by atoms with Gasteiger partial charge >= 0.3 is 0 Å². The zero-order valence-corrected chi connectivity index (χ0v) is 13.0. The molecule has 0 atom stereocenters. The van der Waals surface area contributed by atoms with Crippen LogP contribution in [0.2, 0.25) is 0 Å². The van der Waals surface area contributed by atoms with Crippen molar-refractivity contribution in [3.05, 3.63) is 54.0 Å². The molecule has 0 radical (unpaired) electrons. The second-order valence-electron chi connectivity index (χ2n) is 5.57. The van der Waals surface area contributed by atoms with Gasteiger partial charge in [0.25, 0.3) is 5.89 Å². The van der Waals surface area contributed by atoms with Crippen LogP contribution in [0.15, 0.2) is 47.1 Å². The molecule has 0 saturated carbocycles. The molecule has 2 aromatic heterocycles. The van der Waals surface area contributed by atoms with Gasteiger partial charge in [0.2, 0.25) is 0 Å². The van der Waals surface area contributed by atoms with Crippen molar-refractivity contribution in [2.24, 2.45) is 0 Å². The van der Waals surface area contributed by atoms with Gasteiger partial charge in [-0.15, -0.1) is 0 Å². The Morgan fingerprint density at radius 2 is 2.09 bits per heavy atom. The molecule has 3 rings (SSSR count). The Hall–Kier alpha value is -2.89. The normalized spacial score (nSPS) is 10.9. The summed E-state index contributed by atoms with van der Waals surface area (Å²) in [5.41, 5.74) is 1.79. The fraction of sp³-hybridized carbons (Fsp3) is 0.235. The lowest BCUT2D eigenvalue weighted by molar-refractivity contribution is 0.419. The highest BCUT2D eigenvalue weighted by Gasteiger charge is 2.12. The highest BCUT2D eigenvalue weighted by Crippen LogP contribution is 2.22. The topological polar surface area (TPSA) is 84.1 Å². The smallest absolute Gasteiger partial charge is 0.258 e. The van der Waals surface area contributed by atoms with Crippen molar-refractivity contribution < 1.29 is 9.63 Å². The van der Waals surface area contributed by atoms with Crippen LogP contribution in [0.25, 0.3) is 11.5 Å². The Morgan fingerprint density at radius 3 is 2.83 bits per heavy atom. The van der Waals surface area contributed by atoms with E-state index in [-0.39, 0.29) is 11.7 Å². The Balaban J connectivity index is 1.74. The van der Waals surface area contributed by atoms with E-state index in [0.29, 0.717) is 24.1 Å². The van der Waals surface area contributed by atoms with Gasteiger partial charge in [-0.05, 0) is 29.8 Å². The largest absolute Gasteiger partial charge is 0.508 e. The molecule has 6 heteroatoms. The lowest BCUT2D eigenvalue weighted by Crippen LogP contribution is -2.01. The van der Waals surface area contributed by atoms with Gasteiger partial charge in [-0.3, -0.25) is 0 Å². The second kappa shape index (κ2) is 6.48. The van der Waals surface area contributed by atoms with Crippen LogP contribution >= 0.6 is 0 Å². The lowest BCUT2D eigenvalue weighted by atomic mass is 10.2. The van der Waals surface area contributed by atoms with E-state index in [9.17, 15) is 5.11 Å². The standard InChI is InChI=1S/C17H18N4O2/c1-11(2)16-20-17(23-21-16)13-6-7-18-15(9-13)19-10-12-4-3-5-14(22)8-12/h3-9,11,22H,10H2,1-2H3,(H,18,19). The quantitative estimate of drug-likeness (QED) is 0.749. The number of benzene rings is 1. The molecule has 0 aliphatic carbocycles. The maximum Gasteiger partial charge on any atom is 0.258 e. The minimum Gasteiger partial charge on any atom is -0.508 e. The van der Waals surface area contributed by atoms with Crippen molar-refractivity contribution in [2.75, 3.05) is 5.32 Å². The van der Waals surface area contributed by atoms with Crippen LogP contribution in [0.4, 0.5) is 5.82 Å². The zero-order valence-electron chi connectivity index (χ0n) is 13.0. The molecule has 0 saturated heterocycles. The minimum absolute atomic E-state index is 0.220. The van der Waals surface area contributed by atoms with Crippen LogP contribution in [-0.2, 0) is 6.54 Å². The van der Waals surface area contributed by atoms with Crippen LogP contribution < -0.4 is 5.32 Å². The predicted octanol–water partition coefficient (Wildman–Crippen LogP) is 3.57. The van der Waals surface area contributed by atoms with E-state index < -0.39 is 0 Å². The summed E-state index contributed by atoms with van der Waals surface area (Å²) in [6.07, 6.45) is 1.69. The monoisotopic (exact) mass is 310 g/mol. The van der Waals surface area contributed by atoms with E-state index in [1.807, 2.05) is 38.1 Å². The Bertz CT molecular complexity index is 799. The molecule has 3 aromatic rings. The van der Waals surface area contributed by atoms with Crippen molar-refractivity contribution >= 4 is 5.82 Å². The maximum absolute atomic E-state index is 9.48. The van der Waals surface area contributed by atoms with Crippen LogP contribution in [0.5, 0.6) is 5.75 Å². The third-order valence-electron chi connectivity index (χ3n) is 3.35. The highest BCUT2D eigenvalue weighted by atomic mass is 16.5. The molecule has 0 unspecified atom stereocenters. The van der Waals surface area contributed by atoms with Crippen LogP contribution in [0.1, 0.15) is 31.2 Å². The Labute approximate surface area is 134 Å². The fourth-order valence-corrected chi connectivity index (χ4v) is 2.11. The first-order valence-electron chi connectivity index (χ1n) is 7.43. The maximum atomic E-state index is 9.48. The number of aromatic hydroxyl groups is 1. The van der Waals surface area contributed by atoms with Gasteiger partial charge in [-0.2, -0.15) is 4.98 Å². The van der Waals surface area contributed by atoms with E-state index in [0.717, 1.165) is 11.1 Å². The van der Waals surface area contributed by atoms with Gasteiger partial charge in [0, 0.05) is 24.2 Å². The van der Waals surface area contributed by atoms with Crippen LogP contribution in [0.3, 0.4) is 0 Å². The van der Waals surface area contributed by atoms with E-state index >= 15 is 0 Å².